The number of carboxylic acids is 1. The first-order valence-corrected chi connectivity index (χ1v) is 7.47. The summed E-state index contributed by atoms with van der Waals surface area (Å²) in [5, 5.41) is 11.8. The summed E-state index contributed by atoms with van der Waals surface area (Å²) in [6.45, 7) is 8.87. The highest BCUT2D eigenvalue weighted by Gasteiger charge is 2.36. The van der Waals surface area contributed by atoms with E-state index in [4.69, 9.17) is 5.11 Å². The number of urea groups is 1. The maximum Gasteiger partial charge on any atom is 0.317 e. The van der Waals surface area contributed by atoms with E-state index in [2.05, 4.69) is 12.2 Å². The van der Waals surface area contributed by atoms with Gasteiger partial charge in [-0.05, 0) is 45.4 Å². The van der Waals surface area contributed by atoms with E-state index in [9.17, 15) is 9.59 Å². The molecule has 0 unspecified atom stereocenters. The third-order valence-corrected chi connectivity index (χ3v) is 4.38. The first-order chi connectivity index (χ1) is 9.20. The van der Waals surface area contributed by atoms with Crippen molar-refractivity contribution in [1.29, 1.82) is 0 Å². The predicted octanol–water partition coefficient (Wildman–Crippen LogP) is 2.85. The van der Waals surface area contributed by atoms with Gasteiger partial charge in [0, 0.05) is 18.6 Å². The average molecular weight is 284 g/mol. The second kappa shape index (κ2) is 6.46. The van der Waals surface area contributed by atoms with Crippen molar-refractivity contribution in [2.75, 3.05) is 13.1 Å². The van der Waals surface area contributed by atoms with Crippen LogP contribution < -0.4 is 5.32 Å². The number of nitrogens with one attached hydrogen (secondary N) is 1. The number of carbonyl (C=O) groups is 2. The lowest BCUT2D eigenvalue weighted by atomic mass is 9.67. The smallest absolute Gasteiger partial charge is 0.317 e. The van der Waals surface area contributed by atoms with Crippen LogP contribution in [0.1, 0.15) is 59.8 Å². The van der Waals surface area contributed by atoms with Crippen molar-refractivity contribution in [2.24, 2.45) is 5.41 Å². The summed E-state index contributed by atoms with van der Waals surface area (Å²) in [6, 6.07) is -0.154. The van der Waals surface area contributed by atoms with Gasteiger partial charge in [0.2, 0.25) is 0 Å². The molecule has 1 saturated carbocycles. The van der Waals surface area contributed by atoms with Crippen LogP contribution >= 0.6 is 0 Å². The fraction of sp³-hybridized carbons (Fsp3) is 0.867. The normalized spacial score (nSPS) is 17.2. The molecule has 5 nitrogen and oxygen atoms in total. The number of carbonyl (C=O) groups excluding carboxylic acids is 1. The van der Waals surface area contributed by atoms with Gasteiger partial charge in [0.15, 0.2) is 0 Å². The molecule has 0 heterocycles. The van der Waals surface area contributed by atoms with Crippen LogP contribution in [0.5, 0.6) is 0 Å². The van der Waals surface area contributed by atoms with Crippen LogP contribution in [0.3, 0.4) is 0 Å². The molecule has 1 aliphatic rings. The van der Waals surface area contributed by atoms with Crippen molar-refractivity contribution in [1.82, 2.24) is 10.2 Å². The highest BCUT2D eigenvalue weighted by molar-refractivity contribution is 5.76. The Bertz CT molecular complexity index is 351. The molecule has 0 atom stereocenters. The Morgan fingerprint density at radius 1 is 1.30 bits per heavy atom. The minimum absolute atomic E-state index is 0.0242. The molecule has 1 fully saturated rings. The van der Waals surface area contributed by atoms with Crippen molar-refractivity contribution in [2.45, 2.75) is 65.3 Å². The van der Waals surface area contributed by atoms with Gasteiger partial charge in [0.25, 0.3) is 0 Å². The molecule has 0 bridgehead atoms. The number of aliphatic carboxylic acids is 1. The third-order valence-electron chi connectivity index (χ3n) is 4.38. The summed E-state index contributed by atoms with van der Waals surface area (Å²) >= 11 is 0. The number of hydrogen-bond acceptors (Lipinski definition) is 2. The van der Waals surface area contributed by atoms with Crippen LogP contribution in [0.2, 0.25) is 0 Å². The molecule has 0 radical (unpaired) electrons. The summed E-state index contributed by atoms with van der Waals surface area (Å²) in [5.74, 6) is -0.879. The monoisotopic (exact) mass is 284 g/mol. The van der Waals surface area contributed by atoms with Gasteiger partial charge in [0.1, 0.15) is 0 Å². The molecule has 0 aromatic rings. The second-order valence-electron chi connectivity index (χ2n) is 6.83. The molecule has 0 aliphatic heterocycles. The average Bonchev–Trinajstić information content (AvgIpc) is 2.26. The summed E-state index contributed by atoms with van der Waals surface area (Å²) in [6.07, 6.45) is 4.65. The van der Waals surface area contributed by atoms with E-state index in [1.165, 1.54) is 19.3 Å². The zero-order valence-electron chi connectivity index (χ0n) is 13.2. The van der Waals surface area contributed by atoms with E-state index in [1.807, 2.05) is 20.8 Å². The van der Waals surface area contributed by atoms with E-state index < -0.39 is 5.97 Å². The number of hydrogen-bond donors (Lipinski definition) is 2. The Morgan fingerprint density at radius 2 is 1.90 bits per heavy atom. The van der Waals surface area contributed by atoms with Crippen LogP contribution in [0.4, 0.5) is 4.79 Å². The molecule has 0 aromatic carbocycles. The van der Waals surface area contributed by atoms with Gasteiger partial charge >= 0.3 is 12.0 Å². The molecule has 1 rings (SSSR count). The first kappa shape index (κ1) is 16.8. The quantitative estimate of drug-likeness (QED) is 0.788. The summed E-state index contributed by atoms with van der Waals surface area (Å²) in [7, 11) is 0. The van der Waals surface area contributed by atoms with Crippen molar-refractivity contribution in [3.05, 3.63) is 0 Å². The van der Waals surface area contributed by atoms with Crippen molar-refractivity contribution >= 4 is 12.0 Å². The highest BCUT2D eigenvalue weighted by atomic mass is 16.4. The van der Waals surface area contributed by atoms with Gasteiger partial charge in [0.05, 0.1) is 6.42 Å². The fourth-order valence-corrected chi connectivity index (χ4v) is 2.64. The van der Waals surface area contributed by atoms with Crippen molar-refractivity contribution in [3.63, 3.8) is 0 Å². The molecular weight excluding hydrogens is 256 g/mol. The van der Waals surface area contributed by atoms with E-state index in [0.29, 0.717) is 6.54 Å². The standard InChI is InChI=1S/C15H28N2O3/c1-5-15(8-6-9-15)11-16-13(20)17(14(2,3)4)10-7-12(18)19/h5-11H2,1-4H3,(H,16,20)(H,18,19). The summed E-state index contributed by atoms with van der Waals surface area (Å²) < 4.78 is 0. The van der Waals surface area contributed by atoms with E-state index >= 15 is 0 Å². The first-order valence-electron chi connectivity index (χ1n) is 7.47. The number of carboxylic acid groups (broad SMARTS) is 1. The largest absolute Gasteiger partial charge is 0.481 e. The third kappa shape index (κ3) is 4.39. The highest BCUT2D eigenvalue weighted by Crippen LogP contribution is 2.43. The van der Waals surface area contributed by atoms with Gasteiger partial charge in [-0.3, -0.25) is 4.79 Å². The summed E-state index contributed by atoms with van der Waals surface area (Å²) in [4.78, 5) is 24.7. The molecule has 1 aliphatic carbocycles. The molecule has 0 aromatic heterocycles. The van der Waals surface area contributed by atoms with E-state index in [1.54, 1.807) is 4.90 Å². The maximum absolute atomic E-state index is 12.3. The van der Waals surface area contributed by atoms with Crippen molar-refractivity contribution < 1.29 is 14.7 Å². The lowest BCUT2D eigenvalue weighted by Gasteiger charge is -2.43. The number of rotatable bonds is 6. The van der Waals surface area contributed by atoms with E-state index in [-0.39, 0.29) is 30.0 Å². The number of amides is 2. The Morgan fingerprint density at radius 3 is 2.25 bits per heavy atom. The molecular formula is C15H28N2O3. The Hall–Kier alpha value is -1.26. The van der Waals surface area contributed by atoms with Gasteiger partial charge < -0.3 is 15.3 Å². The van der Waals surface area contributed by atoms with Crippen LogP contribution in [-0.2, 0) is 4.79 Å². The Kier molecular flexibility index (Phi) is 5.42. The zero-order valence-corrected chi connectivity index (χ0v) is 13.2. The van der Waals surface area contributed by atoms with Crippen molar-refractivity contribution in [3.8, 4) is 0 Å². The van der Waals surface area contributed by atoms with Gasteiger partial charge in [-0.25, -0.2) is 4.79 Å². The van der Waals surface area contributed by atoms with Gasteiger partial charge in [-0.15, -0.1) is 0 Å². The van der Waals surface area contributed by atoms with Crippen LogP contribution in [0, 0.1) is 5.41 Å². The number of nitrogens with zero attached hydrogens (tertiary/aromatic N) is 1. The second-order valence-corrected chi connectivity index (χ2v) is 6.83. The summed E-state index contributed by atoms with van der Waals surface area (Å²) in [5.41, 5.74) is -0.107. The van der Waals surface area contributed by atoms with Gasteiger partial charge in [-0.2, -0.15) is 0 Å². The predicted molar refractivity (Wildman–Crippen MR) is 78.7 cm³/mol. The minimum Gasteiger partial charge on any atom is -0.481 e. The molecule has 2 amide bonds. The molecule has 5 heteroatoms. The molecule has 0 saturated heterocycles. The molecule has 2 N–H and O–H groups in total. The van der Waals surface area contributed by atoms with E-state index in [0.717, 1.165) is 6.42 Å². The Balaban J connectivity index is 2.57. The zero-order chi connectivity index (χ0) is 15.4. The van der Waals surface area contributed by atoms with Crippen LogP contribution in [0.15, 0.2) is 0 Å². The fourth-order valence-electron chi connectivity index (χ4n) is 2.64. The SMILES string of the molecule is CCC1(CNC(=O)N(CCC(=O)O)C(C)(C)C)CCC1. The Labute approximate surface area is 121 Å². The topological polar surface area (TPSA) is 69.6 Å². The lowest BCUT2D eigenvalue weighted by molar-refractivity contribution is -0.137. The molecule has 0 spiro atoms. The van der Waals surface area contributed by atoms with Crippen LogP contribution in [-0.4, -0.2) is 40.6 Å². The van der Waals surface area contributed by atoms with Crippen LogP contribution in [0.25, 0.3) is 0 Å². The maximum atomic E-state index is 12.3. The van der Waals surface area contributed by atoms with Gasteiger partial charge in [-0.1, -0.05) is 13.3 Å². The lowest BCUT2D eigenvalue weighted by Crippen LogP contribution is -2.53. The molecule has 20 heavy (non-hydrogen) atoms. The molecule has 116 valence electrons. The minimum atomic E-state index is -0.879.